The minimum absolute atomic E-state index is 0.0124. The number of rotatable bonds is 7. The Morgan fingerprint density at radius 1 is 0.969 bits per heavy atom. The van der Waals surface area contributed by atoms with Gasteiger partial charge in [0.05, 0.1) is 0 Å². The number of aryl methyl sites for hydroxylation is 1. The van der Waals surface area contributed by atoms with Crippen molar-refractivity contribution >= 4 is 5.91 Å². The van der Waals surface area contributed by atoms with Crippen LogP contribution in [0.25, 0.3) is 0 Å². The van der Waals surface area contributed by atoms with Crippen LogP contribution in [0.3, 0.4) is 0 Å². The number of amides is 1. The van der Waals surface area contributed by atoms with Crippen molar-refractivity contribution in [2.45, 2.75) is 37.5 Å². The molecule has 4 nitrogen and oxygen atoms in total. The van der Waals surface area contributed by atoms with Crippen LogP contribution < -0.4 is 5.32 Å². The molecule has 3 aromatic rings. The van der Waals surface area contributed by atoms with E-state index in [-0.39, 0.29) is 29.4 Å². The molecule has 0 radical (unpaired) electrons. The monoisotopic (exact) mass is 429 g/mol. The van der Waals surface area contributed by atoms with Gasteiger partial charge in [-0.1, -0.05) is 78.9 Å². The van der Waals surface area contributed by atoms with Crippen molar-refractivity contribution in [1.29, 1.82) is 0 Å². The molecule has 1 fully saturated rings. The lowest BCUT2D eigenvalue weighted by molar-refractivity contribution is -0.121. The maximum absolute atomic E-state index is 13.2. The number of carbonyl (C=O) groups excluding carboxylic acids is 1. The number of nitrogens with one attached hydrogen (secondary N) is 1. The average molecular weight is 430 g/mol. The SMILES string of the molecule is Cc1cccc(C(CC(=O)NCC2(c3ccccc3)CCOCC2)c2ccccc2)c1O. The molecule has 32 heavy (non-hydrogen) atoms. The minimum Gasteiger partial charge on any atom is -0.507 e. The Bertz CT molecular complexity index is 1030. The molecule has 0 aromatic heterocycles. The average Bonchev–Trinajstić information content (AvgIpc) is 2.85. The van der Waals surface area contributed by atoms with E-state index in [2.05, 4.69) is 29.6 Å². The normalized spacial score (nSPS) is 16.3. The first kappa shape index (κ1) is 22.1. The summed E-state index contributed by atoms with van der Waals surface area (Å²) in [4.78, 5) is 13.2. The van der Waals surface area contributed by atoms with Crippen molar-refractivity contribution in [1.82, 2.24) is 5.32 Å². The first-order chi connectivity index (χ1) is 15.6. The van der Waals surface area contributed by atoms with Gasteiger partial charge >= 0.3 is 0 Å². The highest BCUT2D eigenvalue weighted by molar-refractivity contribution is 5.78. The van der Waals surface area contributed by atoms with E-state index in [1.165, 1.54) is 5.56 Å². The number of hydrogen-bond acceptors (Lipinski definition) is 3. The molecule has 0 bridgehead atoms. The number of hydrogen-bond donors (Lipinski definition) is 2. The Morgan fingerprint density at radius 3 is 2.31 bits per heavy atom. The van der Waals surface area contributed by atoms with Crippen molar-refractivity contribution < 1.29 is 14.6 Å². The smallest absolute Gasteiger partial charge is 0.220 e. The summed E-state index contributed by atoms with van der Waals surface area (Å²) in [6, 6.07) is 26.1. The van der Waals surface area contributed by atoms with Crippen LogP contribution in [0.2, 0.25) is 0 Å². The second-order valence-corrected chi connectivity index (χ2v) is 8.72. The molecule has 3 aromatic carbocycles. The van der Waals surface area contributed by atoms with Gasteiger partial charge in [-0.25, -0.2) is 0 Å². The Kier molecular flexibility index (Phi) is 6.91. The fourth-order valence-electron chi connectivity index (χ4n) is 4.70. The van der Waals surface area contributed by atoms with E-state index in [1.54, 1.807) is 0 Å². The molecule has 4 heteroatoms. The molecule has 1 amide bonds. The molecular weight excluding hydrogens is 398 g/mol. The van der Waals surface area contributed by atoms with E-state index in [9.17, 15) is 9.90 Å². The van der Waals surface area contributed by atoms with Crippen molar-refractivity contribution in [3.05, 3.63) is 101 Å². The molecule has 1 saturated heterocycles. The summed E-state index contributed by atoms with van der Waals surface area (Å²) >= 11 is 0. The first-order valence-electron chi connectivity index (χ1n) is 11.3. The number of para-hydroxylation sites is 1. The maximum atomic E-state index is 13.2. The lowest BCUT2D eigenvalue weighted by Gasteiger charge is -2.38. The fraction of sp³-hybridized carbons (Fsp3) is 0.321. The van der Waals surface area contributed by atoms with Crippen LogP contribution in [0.5, 0.6) is 5.75 Å². The number of carbonyl (C=O) groups is 1. The molecule has 0 saturated carbocycles. The lowest BCUT2D eigenvalue weighted by Crippen LogP contribution is -2.44. The lowest BCUT2D eigenvalue weighted by atomic mass is 9.74. The Balaban J connectivity index is 1.54. The van der Waals surface area contributed by atoms with E-state index in [4.69, 9.17) is 4.74 Å². The Labute approximate surface area is 190 Å². The third-order valence-corrected chi connectivity index (χ3v) is 6.70. The topological polar surface area (TPSA) is 58.6 Å². The summed E-state index contributed by atoms with van der Waals surface area (Å²) in [6.07, 6.45) is 2.05. The highest BCUT2D eigenvalue weighted by Crippen LogP contribution is 2.37. The van der Waals surface area contributed by atoms with Crippen LogP contribution >= 0.6 is 0 Å². The van der Waals surface area contributed by atoms with Crippen molar-refractivity contribution in [3.63, 3.8) is 0 Å². The van der Waals surface area contributed by atoms with E-state index in [1.807, 2.05) is 61.5 Å². The summed E-state index contributed by atoms with van der Waals surface area (Å²) in [7, 11) is 0. The van der Waals surface area contributed by atoms with Gasteiger partial charge in [-0.15, -0.1) is 0 Å². The largest absolute Gasteiger partial charge is 0.507 e. The summed E-state index contributed by atoms with van der Waals surface area (Å²) < 4.78 is 5.62. The molecule has 4 rings (SSSR count). The van der Waals surface area contributed by atoms with Gasteiger partial charge in [0, 0.05) is 43.1 Å². The third-order valence-electron chi connectivity index (χ3n) is 6.70. The molecule has 2 N–H and O–H groups in total. The molecule has 1 heterocycles. The van der Waals surface area contributed by atoms with Crippen LogP contribution in [0.4, 0.5) is 0 Å². The molecule has 0 spiro atoms. The number of aromatic hydroxyl groups is 1. The summed E-state index contributed by atoms with van der Waals surface area (Å²) in [5, 5.41) is 13.9. The molecule has 1 unspecified atom stereocenters. The zero-order chi connectivity index (χ0) is 22.4. The predicted molar refractivity (Wildman–Crippen MR) is 127 cm³/mol. The second-order valence-electron chi connectivity index (χ2n) is 8.72. The molecule has 0 aliphatic carbocycles. The van der Waals surface area contributed by atoms with Gasteiger partial charge in [0.25, 0.3) is 0 Å². The van der Waals surface area contributed by atoms with Crippen molar-refractivity contribution in [2.75, 3.05) is 19.8 Å². The van der Waals surface area contributed by atoms with Gasteiger partial charge in [0.2, 0.25) is 5.91 Å². The highest BCUT2D eigenvalue weighted by atomic mass is 16.5. The Hall–Kier alpha value is -3.11. The van der Waals surface area contributed by atoms with Crippen LogP contribution in [0.1, 0.15) is 47.4 Å². The van der Waals surface area contributed by atoms with Crippen LogP contribution in [-0.2, 0) is 14.9 Å². The van der Waals surface area contributed by atoms with Crippen molar-refractivity contribution in [2.24, 2.45) is 0 Å². The summed E-state index contributed by atoms with van der Waals surface area (Å²) in [6.45, 7) is 3.87. The molecule has 1 aliphatic rings. The quantitative estimate of drug-likeness (QED) is 0.550. The van der Waals surface area contributed by atoms with E-state index in [0.29, 0.717) is 19.8 Å². The number of phenolic OH excluding ortho intramolecular Hbond substituents is 1. The highest BCUT2D eigenvalue weighted by Gasteiger charge is 2.35. The molecule has 1 atom stereocenters. The van der Waals surface area contributed by atoms with Gasteiger partial charge in [-0.05, 0) is 36.5 Å². The molecular formula is C28H31NO3. The van der Waals surface area contributed by atoms with Crippen LogP contribution in [-0.4, -0.2) is 30.8 Å². The minimum atomic E-state index is -0.210. The van der Waals surface area contributed by atoms with Gasteiger partial charge in [0.1, 0.15) is 5.75 Å². The summed E-state index contributed by atoms with van der Waals surface area (Å²) in [5.41, 5.74) is 3.76. The number of phenols is 1. The number of ether oxygens (including phenoxy) is 1. The molecule has 1 aliphatic heterocycles. The summed E-state index contributed by atoms with van der Waals surface area (Å²) in [5.74, 6) is 0.0411. The fourth-order valence-corrected chi connectivity index (χ4v) is 4.70. The second kappa shape index (κ2) is 10.0. The molecule has 166 valence electrons. The van der Waals surface area contributed by atoms with Gasteiger partial charge in [-0.3, -0.25) is 4.79 Å². The van der Waals surface area contributed by atoms with Crippen LogP contribution in [0.15, 0.2) is 78.9 Å². The van der Waals surface area contributed by atoms with Gasteiger partial charge < -0.3 is 15.2 Å². The van der Waals surface area contributed by atoms with E-state index >= 15 is 0 Å². The third kappa shape index (κ3) is 4.86. The van der Waals surface area contributed by atoms with Crippen molar-refractivity contribution in [3.8, 4) is 5.75 Å². The van der Waals surface area contributed by atoms with Gasteiger partial charge in [-0.2, -0.15) is 0 Å². The van der Waals surface area contributed by atoms with E-state index < -0.39 is 0 Å². The van der Waals surface area contributed by atoms with E-state index in [0.717, 1.165) is 29.5 Å². The standard InChI is InChI=1S/C28H31NO3/c1-21-9-8-14-24(27(21)31)25(22-10-4-2-5-11-22)19-26(30)29-20-28(15-17-32-18-16-28)23-12-6-3-7-13-23/h2-14,25,31H,15-20H2,1H3,(H,29,30). The van der Waals surface area contributed by atoms with Crippen LogP contribution in [0, 0.1) is 6.92 Å². The number of benzene rings is 3. The maximum Gasteiger partial charge on any atom is 0.220 e. The zero-order valence-electron chi connectivity index (χ0n) is 18.6. The zero-order valence-corrected chi connectivity index (χ0v) is 18.6. The van der Waals surface area contributed by atoms with Gasteiger partial charge in [0.15, 0.2) is 0 Å². The Morgan fingerprint density at radius 2 is 1.62 bits per heavy atom. The first-order valence-corrected chi connectivity index (χ1v) is 11.3. The predicted octanol–water partition coefficient (Wildman–Crippen LogP) is 5.09.